The predicted octanol–water partition coefficient (Wildman–Crippen LogP) is 2.37. The number of aromatic nitrogens is 1. The Hall–Kier alpha value is -1.46. The maximum atomic E-state index is 12.4. The molecule has 1 aromatic heterocycles. The van der Waals surface area contributed by atoms with Gasteiger partial charge in [0.25, 0.3) is 0 Å². The van der Waals surface area contributed by atoms with Crippen LogP contribution in [0.3, 0.4) is 0 Å². The second kappa shape index (κ2) is 7.04. The van der Waals surface area contributed by atoms with Crippen molar-refractivity contribution in [2.45, 2.75) is 57.3 Å². The number of carbonyl (C=O) groups is 1. The number of nitrogens with one attached hydrogen (secondary N) is 1. The van der Waals surface area contributed by atoms with Crippen molar-refractivity contribution in [2.75, 3.05) is 19.6 Å². The fraction of sp³-hybridized carbons (Fsp3) is 0.700. The van der Waals surface area contributed by atoms with E-state index in [1.807, 2.05) is 18.3 Å². The lowest BCUT2D eigenvalue weighted by atomic mass is 9.80. The second-order valence-corrected chi connectivity index (χ2v) is 8.11. The number of likely N-dealkylation sites (tertiary alicyclic amines) is 1. The zero-order valence-corrected chi connectivity index (χ0v) is 15.1. The van der Waals surface area contributed by atoms with E-state index >= 15 is 0 Å². The van der Waals surface area contributed by atoms with E-state index in [9.17, 15) is 4.79 Å². The third-order valence-electron chi connectivity index (χ3n) is 6.15. The highest BCUT2D eigenvalue weighted by atomic mass is 16.5. The Balaban J connectivity index is 1.30. The summed E-state index contributed by atoms with van der Waals surface area (Å²) in [5.74, 6) is 1.26. The molecule has 0 bridgehead atoms. The average molecular weight is 343 g/mol. The molecular formula is C20H29N3O2. The highest BCUT2D eigenvalue weighted by Gasteiger charge is 2.48. The van der Waals surface area contributed by atoms with Crippen LogP contribution in [0.15, 0.2) is 24.4 Å². The van der Waals surface area contributed by atoms with Gasteiger partial charge in [-0.25, -0.2) is 0 Å². The molecule has 1 unspecified atom stereocenters. The lowest BCUT2D eigenvalue weighted by Gasteiger charge is -2.44. The molecule has 2 saturated heterocycles. The van der Waals surface area contributed by atoms with Gasteiger partial charge in [0.1, 0.15) is 6.10 Å². The van der Waals surface area contributed by atoms with E-state index in [4.69, 9.17) is 4.74 Å². The van der Waals surface area contributed by atoms with Crippen LogP contribution in [-0.2, 0) is 16.1 Å². The van der Waals surface area contributed by atoms with E-state index in [2.05, 4.69) is 28.2 Å². The summed E-state index contributed by atoms with van der Waals surface area (Å²) in [6.07, 6.45) is 7.01. The Morgan fingerprint density at radius 1 is 1.36 bits per heavy atom. The van der Waals surface area contributed by atoms with E-state index < -0.39 is 0 Å². The van der Waals surface area contributed by atoms with E-state index in [1.54, 1.807) is 0 Å². The lowest BCUT2D eigenvalue weighted by Crippen LogP contribution is -2.51. The molecule has 1 spiro atoms. The van der Waals surface area contributed by atoms with Crippen LogP contribution in [0, 0.1) is 11.8 Å². The van der Waals surface area contributed by atoms with E-state index in [0.717, 1.165) is 51.1 Å². The number of nitrogens with zero attached hydrogens (tertiary/aromatic N) is 2. The first-order valence-electron chi connectivity index (χ1n) is 9.72. The van der Waals surface area contributed by atoms with E-state index in [0.29, 0.717) is 11.8 Å². The number of rotatable bonds is 5. The highest BCUT2D eigenvalue weighted by molar-refractivity contribution is 5.81. The van der Waals surface area contributed by atoms with Gasteiger partial charge in [-0.3, -0.25) is 14.7 Å². The summed E-state index contributed by atoms with van der Waals surface area (Å²) >= 11 is 0. The number of pyridine rings is 1. The molecule has 5 heteroatoms. The molecule has 1 aromatic rings. The molecule has 1 N–H and O–H groups in total. The first-order chi connectivity index (χ1) is 12.1. The summed E-state index contributed by atoms with van der Waals surface area (Å²) in [6.45, 7) is 6.02. The molecule has 136 valence electrons. The molecule has 1 saturated carbocycles. The molecule has 3 heterocycles. The van der Waals surface area contributed by atoms with Crippen molar-refractivity contribution in [3.63, 3.8) is 0 Å². The largest absolute Gasteiger partial charge is 0.362 e. The standard InChI is InChI=1S/C20H29N3O2/c1-15-13-23(14-17-4-2-3-10-21-17)11-9-20(15)8-7-18(25-20)19(24)22-12-16-5-6-16/h2-4,10,15-16,18H,5-9,11-14H2,1H3,(H,22,24)/t15-,18?,20-/m1/s1. The number of hydrogen-bond acceptors (Lipinski definition) is 4. The summed E-state index contributed by atoms with van der Waals surface area (Å²) in [6, 6.07) is 6.08. The smallest absolute Gasteiger partial charge is 0.249 e. The first kappa shape index (κ1) is 17.0. The summed E-state index contributed by atoms with van der Waals surface area (Å²) in [7, 11) is 0. The van der Waals surface area contributed by atoms with Gasteiger partial charge in [0, 0.05) is 32.4 Å². The molecule has 25 heavy (non-hydrogen) atoms. The van der Waals surface area contributed by atoms with Gasteiger partial charge in [-0.15, -0.1) is 0 Å². The zero-order chi connectivity index (χ0) is 17.3. The maximum Gasteiger partial charge on any atom is 0.249 e. The van der Waals surface area contributed by atoms with Crippen molar-refractivity contribution in [2.24, 2.45) is 11.8 Å². The molecule has 3 atom stereocenters. The summed E-state index contributed by atoms with van der Waals surface area (Å²) in [5, 5.41) is 3.08. The number of hydrogen-bond donors (Lipinski definition) is 1. The number of amides is 1. The van der Waals surface area contributed by atoms with Crippen molar-refractivity contribution in [1.29, 1.82) is 0 Å². The van der Waals surface area contributed by atoms with Crippen LogP contribution in [0.2, 0.25) is 0 Å². The third-order valence-corrected chi connectivity index (χ3v) is 6.15. The minimum atomic E-state index is -0.247. The normalized spacial score (nSPS) is 32.8. The van der Waals surface area contributed by atoms with Crippen molar-refractivity contribution >= 4 is 5.91 Å². The van der Waals surface area contributed by atoms with Crippen LogP contribution in [0.25, 0.3) is 0 Å². The first-order valence-corrected chi connectivity index (χ1v) is 9.72. The lowest BCUT2D eigenvalue weighted by molar-refractivity contribution is -0.147. The third kappa shape index (κ3) is 3.87. The Kier molecular flexibility index (Phi) is 4.78. The molecular weight excluding hydrogens is 314 g/mol. The minimum absolute atomic E-state index is 0.104. The second-order valence-electron chi connectivity index (χ2n) is 8.11. The van der Waals surface area contributed by atoms with Gasteiger partial charge in [-0.05, 0) is 56.1 Å². The summed E-state index contributed by atoms with van der Waals surface area (Å²) < 4.78 is 6.36. The molecule has 4 rings (SSSR count). The zero-order valence-electron chi connectivity index (χ0n) is 15.1. The number of piperidine rings is 1. The molecule has 2 aliphatic heterocycles. The molecule has 3 fully saturated rings. The number of ether oxygens (including phenoxy) is 1. The Morgan fingerprint density at radius 3 is 2.96 bits per heavy atom. The van der Waals surface area contributed by atoms with Crippen LogP contribution in [-0.4, -0.2) is 47.1 Å². The maximum absolute atomic E-state index is 12.4. The van der Waals surface area contributed by atoms with Gasteiger partial charge in [-0.2, -0.15) is 0 Å². The van der Waals surface area contributed by atoms with Crippen molar-refractivity contribution < 1.29 is 9.53 Å². The molecule has 0 radical (unpaired) electrons. The van der Waals surface area contributed by atoms with Crippen LogP contribution >= 0.6 is 0 Å². The highest BCUT2D eigenvalue weighted by Crippen LogP contribution is 2.42. The fourth-order valence-corrected chi connectivity index (χ4v) is 4.29. The van der Waals surface area contributed by atoms with Gasteiger partial charge < -0.3 is 10.1 Å². The van der Waals surface area contributed by atoms with Crippen LogP contribution in [0.4, 0.5) is 0 Å². The topological polar surface area (TPSA) is 54.5 Å². The molecule has 5 nitrogen and oxygen atoms in total. The van der Waals surface area contributed by atoms with Crippen LogP contribution < -0.4 is 5.32 Å². The molecule has 3 aliphatic rings. The summed E-state index contributed by atoms with van der Waals surface area (Å²) in [5.41, 5.74) is 1.01. The average Bonchev–Trinajstić information content (AvgIpc) is 3.35. The van der Waals surface area contributed by atoms with Gasteiger partial charge in [0.15, 0.2) is 0 Å². The monoisotopic (exact) mass is 343 g/mol. The molecule has 1 aliphatic carbocycles. The predicted molar refractivity (Wildman–Crippen MR) is 95.9 cm³/mol. The van der Waals surface area contributed by atoms with Crippen molar-refractivity contribution in [1.82, 2.24) is 15.2 Å². The Bertz CT molecular complexity index is 604. The van der Waals surface area contributed by atoms with Crippen molar-refractivity contribution in [3.8, 4) is 0 Å². The fourth-order valence-electron chi connectivity index (χ4n) is 4.29. The van der Waals surface area contributed by atoms with Gasteiger partial charge in [0.05, 0.1) is 11.3 Å². The minimum Gasteiger partial charge on any atom is -0.362 e. The Morgan fingerprint density at radius 2 is 2.24 bits per heavy atom. The van der Waals surface area contributed by atoms with Crippen molar-refractivity contribution in [3.05, 3.63) is 30.1 Å². The van der Waals surface area contributed by atoms with Crippen LogP contribution in [0.1, 0.15) is 44.7 Å². The molecule has 0 aromatic carbocycles. The van der Waals surface area contributed by atoms with Gasteiger partial charge in [-0.1, -0.05) is 13.0 Å². The van der Waals surface area contributed by atoms with E-state index in [1.165, 1.54) is 12.8 Å². The SMILES string of the molecule is C[C@@H]1CN(Cc2ccccn2)CC[C@]12CCC(C(=O)NCC1CC1)O2. The molecule has 1 amide bonds. The Labute approximate surface area is 150 Å². The van der Waals surface area contributed by atoms with E-state index in [-0.39, 0.29) is 17.6 Å². The van der Waals surface area contributed by atoms with Gasteiger partial charge in [0.2, 0.25) is 5.91 Å². The van der Waals surface area contributed by atoms with Crippen LogP contribution in [0.5, 0.6) is 0 Å². The summed E-state index contributed by atoms with van der Waals surface area (Å²) in [4.78, 5) is 19.3. The quantitative estimate of drug-likeness (QED) is 0.892. The van der Waals surface area contributed by atoms with Gasteiger partial charge >= 0.3 is 0 Å². The number of carbonyl (C=O) groups excluding carboxylic acids is 1.